The quantitative estimate of drug-likeness (QED) is 0.456. The molecular formula is C27H37F2N3O4S. The fourth-order valence-corrected chi connectivity index (χ4v) is 4.86. The Kier molecular flexibility index (Phi) is 10.2. The lowest BCUT2D eigenvalue weighted by molar-refractivity contribution is -0.142. The Labute approximate surface area is 218 Å². The molecule has 0 bridgehead atoms. The molecule has 0 saturated heterocycles. The molecule has 2 rings (SSSR count). The van der Waals surface area contributed by atoms with Crippen LogP contribution in [0.5, 0.6) is 0 Å². The molecule has 1 N–H and O–H groups in total. The highest BCUT2D eigenvalue weighted by atomic mass is 32.2. The Morgan fingerprint density at radius 2 is 1.65 bits per heavy atom. The van der Waals surface area contributed by atoms with Crippen LogP contribution in [0.2, 0.25) is 0 Å². The number of hydrogen-bond donors (Lipinski definition) is 1. The minimum Gasteiger partial charge on any atom is -0.350 e. The molecule has 2 aromatic carbocycles. The summed E-state index contributed by atoms with van der Waals surface area (Å²) >= 11 is 0. The molecule has 0 saturated carbocycles. The molecule has 10 heteroatoms. The lowest BCUT2D eigenvalue weighted by Crippen LogP contribution is -2.53. The van der Waals surface area contributed by atoms with Crippen molar-refractivity contribution in [1.29, 1.82) is 0 Å². The number of nitrogens with one attached hydrogen (secondary N) is 1. The number of sulfonamides is 1. The van der Waals surface area contributed by atoms with Gasteiger partial charge in [-0.1, -0.05) is 36.8 Å². The van der Waals surface area contributed by atoms with Gasteiger partial charge in [0.15, 0.2) is 11.6 Å². The largest absolute Gasteiger partial charge is 0.350 e. The van der Waals surface area contributed by atoms with Crippen LogP contribution in [-0.2, 0) is 26.2 Å². The van der Waals surface area contributed by atoms with Crippen LogP contribution in [0.4, 0.5) is 14.5 Å². The Hall–Kier alpha value is -3.01. The summed E-state index contributed by atoms with van der Waals surface area (Å²) in [5.41, 5.74) is 1.42. The van der Waals surface area contributed by atoms with Crippen molar-refractivity contribution in [1.82, 2.24) is 10.2 Å². The number of benzene rings is 2. The van der Waals surface area contributed by atoms with Crippen molar-refractivity contribution in [3.05, 3.63) is 65.2 Å². The van der Waals surface area contributed by atoms with E-state index in [0.717, 1.165) is 33.8 Å². The van der Waals surface area contributed by atoms with Crippen molar-refractivity contribution in [2.45, 2.75) is 72.0 Å². The second-order valence-corrected chi connectivity index (χ2v) is 12.1. The maximum absolute atomic E-state index is 13.7. The van der Waals surface area contributed by atoms with Gasteiger partial charge in [0.25, 0.3) is 0 Å². The molecule has 0 spiro atoms. The Morgan fingerprint density at radius 1 is 1.03 bits per heavy atom. The van der Waals surface area contributed by atoms with E-state index >= 15 is 0 Å². The molecule has 7 nitrogen and oxygen atoms in total. The average Bonchev–Trinajstić information content (AvgIpc) is 2.77. The van der Waals surface area contributed by atoms with Crippen LogP contribution in [0.1, 0.15) is 58.1 Å². The summed E-state index contributed by atoms with van der Waals surface area (Å²) in [5, 5.41) is 2.94. The Bertz CT molecular complexity index is 1200. The van der Waals surface area contributed by atoms with Gasteiger partial charge in [-0.15, -0.1) is 0 Å². The maximum Gasteiger partial charge on any atom is 0.243 e. The first-order chi connectivity index (χ1) is 17.1. The van der Waals surface area contributed by atoms with Crippen LogP contribution in [-0.4, -0.2) is 49.5 Å². The van der Waals surface area contributed by atoms with Crippen molar-refractivity contribution >= 4 is 27.5 Å². The highest BCUT2D eigenvalue weighted by molar-refractivity contribution is 7.92. The molecule has 0 radical (unpaired) electrons. The monoisotopic (exact) mass is 537 g/mol. The molecule has 204 valence electrons. The number of amides is 2. The van der Waals surface area contributed by atoms with E-state index in [1.807, 2.05) is 58.9 Å². The van der Waals surface area contributed by atoms with E-state index in [4.69, 9.17) is 0 Å². The van der Waals surface area contributed by atoms with Crippen molar-refractivity contribution in [2.24, 2.45) is 0 Å². The maximum atomic E-state index is 13.7. The van der Waals surface area contributed by atoms with Crippen LogP contribution < -0.4 is 9.62 Å². The smallest absolute Gasteiger partial charge is 0.243 e. The second-order valence-electron chi connectivity index (χ2n) is 10.2. The molecule has 1 atom stereocenters. The molecule has 2 amide bonds. The van der Waals surface area contributed by atoms with Crippen molar-refractivity contribution in [2.75, 3.05) is 17.1 Å². The number of rotatable bonds is 11. The van der Waals surface area contributed by atoms with Gasteiger partial charge >= 0.3 is 0 Å². The van der Waals surface area contributed by atoms with Gasteiger partial charge in [0.2, 0.25) is 21.8 Å². The number of anilines is 1. The van der Waals surface area contributed by atoms with Crippen LogP contribution in [0.3, 0.4) is 0 Å². The normalized spacial score (nSPS) is 12.6. The molecule has 0 unspecified atom stereocenters. The van der Waals surface area contributed by atoms with Gasteiger partial charge in [-0.3, -0.25) is 13.9 Å². The Morgan fingerprint density at radius 3 is 2.16 bits per heavy atom. The first-order valence-electron chi connectivity index (χ1n) is 12.2. The molecule has 0 aromatic heterocycles. The van der Waals surface area contributed by atoms with Gasteiger partial charge in [-0.25, -0.2) is 17.2 Å². The van der Waals surface area contributed by atoms with Crippen molar-refractivity contribution in [3.63, 3.8) is 0 Å². The van der Waals surface area contributed by atoms with E-state index in [1.165, 1.54) is 11.0 Å². The van der Waals surface area contributed by atoms with Gasteiger partial charge in [0.1, 0.15) is 6.04 Å². The number of carbonyl (C=O) groups is 2. The van der Waals surface area contributed by atoms with Gasteiger partial charge in [0, 0.05) is 31.1 Å². The van der Waals surface area contributed by atoms with Gasteiger partial charge in [-0.05, 0) is 58.2 Å². The average molecular weight is 538 g/mol. The van der Waals surface area contributed by atoms with Gasteiger partial charge < -0.3 is 10.2 Å². The number of carbonyl (C=O) groups excluding carboxylic acids is 2. The third-order valence-electron chi connectivity index (χ3n) is 5.70. The first kappa shape index (κ1) is 30.2. The van der Waals surface area contributed by atoms with Gasteiger partial charge in [0.05, 0.1) is 11.9 Å². The number of halogens is 2. The summed E-state index contributed by atoms with van der Waals surface area (Å²) in [6.45, 7) is 9.48. The molecule has 0 fully saturated rings. The summed E-state index contributed by atoms with van der Waals surface area (Å²) in [7, 11) is -3.82. The minimum absolute atomic E-state index is 0.0265. The number of aryl methyl sites for hydroxylation is 1. The van der Waals surface area contributed by atoms with E-state index in [2.05, 4.69) is 5.32 Å². The summed E-state index contributed by atoms with van der Waals surface area (Å²) in [6, 6.07) is 9.79. The Balaban J connectivity index is 2.25. The number of hydrogen-bond acceptors (Lipinski definition) is 4. The molecule has 0 aliphatic heterocycles. The first-order valence-corrected chi connectivity index (χ1v) is 14.1. The molecule has 0 aliphatic rings. The minimum atomic E-state index is -3.82. The zero-order valence-electron chi connectivity index (χ0n) is 22.3. The third-order valence-corrected chi connectivity index (χ3v) is 6.90. The molecule has 0 heterocycles. The highest BCUT2D eigenvalue weighted by Gasteiger charge is 2.30. The molecule has 2 aromatic rings. The van der Waals surface area contributed by atoms with E-state index in [9.17, 15) is 26.8 Å². The van der Waals surface area contributed by atoms with E-state index in [-0.39, 0.29) is 43.4 Å². The van der Waals surface area contributed by atoms with E-state index in [1.54, 1.807) is 0 Å². The number of nitrogens with zero attached hydrogens (tertiary/aromatic N) is 2. The third kappa shape index (κ3) is 9.10. The molecule has 37 heavy (non-hydrogen) atoms. The zero-order valence-corrected chi connectivity index (χ0v) is 23.2. The van der Waals surface area contributed by atoms with Gasteiger partial charge in [-0.2, -0.15) is 0 Å². The summed E-state index contributed by atoms with van der Waals surface area (Å²) in [6.07, 6.45) is 1.43. The predicted molar refractivity (Wildman–Crippen MR) is 141 cm³/mol. The highest BCUT2D eigenvalue weighted by Crippen LogP contribution is 2.22. The van der Waals surface area contributed by atoms with Crippen LogP contribution in [0.15, 0.2) is 42.5 Å². The summed E-state index contributed by atoms with van der Waals surface area (Å²) in [4.78, 5) is 28.0. The van der Waals surface area contributed by atoms with E-state index in [0.29, 0.717) is 6.42 Å². The van der Waals surface area contributed by atoms with Crippen molar-refractivity contribution < 1.29 is 26.8 Å². The van der Waals surface area contributed by atoms with Crippen LogP contribution in [0.25, 0.3) is 0 Å². The van der Waals surface area contributed by atoms with Crippen molar-refractivity contribution in [3.8, 4) is 0 Å². The van der Waals surface area contributed by atoms with Crippen LogP contribution >= 0.6 is 0 Å². The fourth-order valence-electron chi connectivity index (χ4n) is 3.91. The fraction of sp³-hybridized carbons (Fsp3) is 0.481. The second kappa shape index (κ2) is 12.5. The summed E-state index contributed by atoms with van der Waals surface area (Å²) in [5.74, 6) is -2.83. The lowest BCUT2D eigenvalue weighted by atomic mass is 10.0. The molecule has 0 aliphatic carbocycles. The van der Waals surface area contributed by atoms with Crippen LogP contribution in [0, 0.1) is 18.6 Å². The SMILES string of the molecule is CC[C@H](C(=O)NC(C)(C)C)N(Cc1ccc(C)cc1)C(=O)CCCN(c1ccc(F)c(F)c1)S(C)(=O)=O. The molecular weight excluding hydrogens is 500 g/mol. The lowest BCUT2D eigenvalue weighted by Gasteiger charge is -2.33. The topological polar surface area (TPSA) is 86.8 Å². The predicted octanol–water partition coefficient (Wildman–Crippen LogP) is 4.54. The zero-order chi connectivity index (χ0) is 28.0. The van der Waals surface area contributed by atoms with E-state index < -0.39 is 33.2 Å². The standard InChI is InChI=1S/C27H37F2N3O4S/c1-7-24(26(34)30-27(3,4)5)31(18-20-12-10-19(2)11-13-20)25(33)9-8-16-32(37(6,35)36)21-14-15-22(28)23(29)17-21/h10-15,17,24H,7-9,16,18H2,1-6H3,(H,30,34)/t24-/m1/s1. The summed E-state index contributed by atoms with van der Waals surface area (Å²) < 4.78 is 52.7.